The van der Waals surface area contributed by atoms with Crippen molar-refractivity contribution in [3.63, 3.8) is 0 Å². The van der Waals surface area contributed by atoms with Crippen LogP contribution in [0.5, 0.6) is 0 Å². The van der Waals surface area contributed by atoms with E-state index in [1.807, 2.05) is 36.1 Å². The van der Waals surface area contributed by atoms with Crippen LogP contribution in [0.25, 0.3) is 0 Å². The Morgan fingerprint density at radius 3 is 2.68 bits per heavy atom. The molecule has 104 valence electrons. The Morgan fingerprint density at radius 1 is 1.42 bits per heavy atom. The zero-order valence-electron chi connectivity index (χ0n) is 11.9. The van der Waals surface area contributed by atoms with Gasteiger partial charge in [-0.05, 0) is 49.8 Å². The van der Waals surface area contributed by atoms with Crippen LogP contribution in [0.2, 0.25) is 0 Å². The summed E-state index contributed by atoms with van der Waals surface area (Å²) in [6, 6.07) is 8.13. The van der Waals surface area contributed by atoms with E-state index in [0.717, 1.165) is 37.9 Å². The molecule has 2 atom stereocenters. The van der Waals surface area contributed by atoms with Crippen LogP contribution in [0.3, 0.4) is 0 Å². The van der Waals surface area contributed by atoms with Crippen molar-refractivity contribution < 1.29 is 4.79 Å². The van der Waals surface area contributed by atoms with Gasteiger partial charge in [0.25, 0.3) is 5.91 Å². The summed E-state index contributed by atoms with van der Waals surface area (Å²) in [6.07, 6.45) is 3.20. The Kier molecular flexibility index (Phi) is 4.59. The molecule has 1 fully saturated rings. The summed E-state index contributed by atoms with van der Waals surface area (Å²) < 4.78 is 0. The first-order valence-corrected chi connectivity index (χ1v) is 7.25. The van der Waals surface area contributed by atoms with E-state index < -0.39 is 0 Å². The monoisotopic (exact) mass is 260 g/mol. The number of hydrogen-bond donors (Lipinski definition) is 1. The van der Waals surface area contributed by atoms with E-state index in [0.29, 0.717) is 5.92 Å². The zero-order chi connectivity index (χ0) is 13.8. The highest BCUT2D eigenvalue weighted by Gasteiger charge is 2.26. The van der Waals surface area contributed by atoms with Crippen LogP contribution in [0.15, 0.2) is 24.3 Å². The molecule has 0 radical (unpaired) electrons. The molecule has 3 heteroatoms. The Labute approximate surface area is 115 Å². The minimum absolute atomic E-state index is 0.146. The number of rotatable bonds is 3. The molecule has 0 aliphatic carbocycles. The van der Waals surface area contributed by atoms with E-state index in [9.17, 15) is 4.79 Å². The molecule has 2 N–H and O–H groups in total. The molecule has 1 aromatic rings. The first kappa shape index (κ1) is 14.1. The van der Waals surface area contributed by atoms with Gasteiger partial charge in [0.15, 0.2) is 0 Å². The SMILES string of the molecule is CCc1ccc(C(=O)N2CCC[C@H]([C@H](C)N)C2)cc1. The van der Waals surface area contributed by atoms with Gasteiger partial charge in [-0.15, -0.1) is 0 Å². The molecular formula is C16H24N2O. The van der Waals surface area contributed by atoms with Crippen LogP contribution >= 0.6 is 0 Å². The molecule has 1 aliphatic rings. The molecular weight excluding hydrogens is 236 g/mol. The van der Waals surface area contributed by atoms with Gasteiger partial charge in [-0.25, -0.2) is 0 Å². The molecule has 1 heterocycles. The highest BCUT2D eigenvalue weighted by Crippen LogP contribution is 2.20. The maximum atomic E-state index is 12.5. The van der Waals surface area contributed by atoms with Crippen molar-refractivity contribution in [2.24, 2.45) is 11.7 Å². The number of hydrogen-bond acceptors (Lipinski definition) is 2. The Balaban J connectivity index is 2.05. The topological polar surface area (TPSA) is 46.3 Å². The average Bonchev–Trinajstić information content (AvgIpc) is 2.46. The first-order valence-electron chi connectivity index (χ1n) is 7.25. The summed E-state index contributed by atoms with van der Waals surface area (Å²) >= 11 is 0. The Morgan fingerprint density at radius 2 is 2.11 bits per heavy atom. The normalized spacial score (nSPS) is 21.2. The minimum Gasteiger partial charge on any atom is -0.338 e. The van der Waals surface area contributed by atoms with Gasteiger partial charge >= 0.3 is 0 Å². The van der Waals surface area contributed by atoms with Crippen LogP contribution in [-0.4, -0.2) is 29.9 Å². The van der Waals surface area contributed by atoms with Crippen molar-refractivity contribution in [1.29, 1.82) is 0 Å². The largest absolute Gasteiger partial charge is 0.338 e. The molecule has 0 bridgehead atoms. The van der Waals surface area contributed by atoms with E-state index >= 15 is 0 Å². The second kappa shape index (κ2) is 6.20. The van der Waals surface area contributed by atoms with Crippen molar-refractivity contribution in [1.82, 2.24) is 4.90 Å². The van der Waals surface area contributed by atoms with Gasteiger partial charge in [0.2, 0.25) is 0 Å². The van der Waals surface area contributed by atoms with Gasteiger partial charge in [-0.2, -0.15) is 0 Å². The van der Waals surface area contributed by atoms with Gasteiger partial charge in [0.05, 0.1) is 0 Å². The summed E-state index contributed by atoms with van der Waals surface area (Å²) in [5.41, 5.74) is 8.03. The lowest BCUT2D eigenvalue weighted by molar-refractivity contribution is 0.0661. The molecule has 0 saturated carbocycles. The highest BCUT2D eigenvalue weighted by atomic mass is 16.2. The van der Waals surface area contributed by atoms with E-state index in [2.05, 4.69) is 6.92 Å². The van der Waals surface area contributed by atoms with Gasteiger partial charge in [0.1, 0.15) is 0 Å². The van der Waals surface area contributed by atoms with E-state index in [1.54, 1.807) is 0 Å². The third-order valence-corrected chi connectivity index (χ3v) is 4.10. The number of benzene rings is 1. The molecule has 19 heavy (non-hydrogen) atoms. The number of nitrogens with zero attached hydrogens (tertiary/aromatic N) is 1. The smallest absolute Gasteiger partial charge is 0.253 e. The van der Waals surface area contributed by atoms with E-state index in [-0.39, 0.29) is 11.9 Å². The van der Waals surface area contributed by atoms with Crippen LogP contribution < -0.4 is 5.73 Å². The predicted molar refractivity (Wildman–Crippen MR) is 78.1 cm³/mol. The fraction of sp³-hybridized carbons (Fsp3) is 0.562. The van der Waals surface area contributed by atoms with Crippen molar-refractivity contribution in [2.45, 2.75) is 39.2 Å². The fourth-order valence-electron chi connectivity index (χ4n) is 2.69. The second-order valence-electron chi connectivity index (χ2n) is 5.56. The fourth-order valence-corrected chi connectivity index (χ4v) is 2.69. The predicted octanol–water partition coefficient (Wildman–Crippen LogP) is 2.45. The number of likely N-dealkylation sites (tertiary alicyclic amines) is 1. The molecule has 0 unspecified atom stereocenters. The van der Waals surface area contributed by atoms with Crippen molar-refractivity contribution in [3.05, 3.63) is 35.4 Å². The first-order chi connectivity index (χ1) is 9.11. The zero-order valence-corrected chi connectivity index (χ0v) is 11.9. The van der Waals surface area contributed by atoms with Crippen LogP contribution in [0.1, 0.15) is 42.6 Å². The van der Waals surface area contributed by atoms with Gasteiger partial charge < -0.3 is 10.6 Å². The molecule has 1 amide bonds. The summed E-state index contributed by atoms with van der Waals surface area (Å²) in [5.74, 6) is 0.584. The number of carbonyl (C=O) groups excluding carboxylic acids is 1. The van der Waals surface area contributed by atoms with Crippen LogP contribution in [0, 0.1) is 5.92 Å². The van der Waals surface area contributed by atoms with Crippen molar-refractivity contribution in [2.75, 3.05) is 13.1 Å². The molecule has 1 saturated heterocycles. The Hall–Kier alpha value is -1.35. The summed E-state index contributed by atoms with van der Waals surface area (Å²) in [6.45, 7) is 5.81. The molecule has 0 aromatic heterocycles. The summed E-state index contributed by atoms with van der Waals surface area (Å²) in [4.78, 5) is 14.4. The molecule has 1 aliphatic heterocycles. The van der Waals surface area contributed by atoms with Gasteiger partial charge in [-0.3, -0.25) is 4.79 Å². The molecule has 3 nitrogen and oxygen atoms in total. The standard InChI is InChI=1S/C16H24N2O/c1-3-13-6-8-14(9-7-13)16(19)18-10-4-5-15(11-18)12(2)17/h6-9,12,15H,3-5,10-11,17H2,1-2H3/t12-,15-/m0/s1. The highest BCUT2D eigenvalue weighted by molar-refractivity contribution is 5.94. The number of piperidine rings is 1. The third-order valence-electron chi connectivity index (χ3n) is 4.10. The summed E-state index contributed by atoms with van der Waals surface area (Å²) in [5, 5.41) is 0. The maximum Gasteiger partial charge on any atom is 0.253 e. The number of aryl methyl sites for hydroxylation is 1. The maximum absolute atomic E-state index is 12.5. The van der Waals surface area contributed by atoms with E-state index in [1.165, 1.54) is 5.56 Å². The van der Waals surface area contributed by atoms with Gasteiger partial charge in [0, 0.05) is 24.7 Å². The van der Waals surface area contributed by atoms with Crippen molar-refractivity contribution in [3.8, 4) is 0 Å². The molecule has 0 spiro atoms. The number of nitrogens with two attached hydrogens (primary N) is 1. The average molecular weight is 260 g/mol. The number of carbonyl (C=O) groups is 1. The van der Waals surface area contributed by atoms with E-state index in [4.69, 9.17) is 5.73 Å². The van der Waals surface area contributed by atoms with Crippen LogP contribution in [0.4, 0.5) is 0 Å². The molecule has 1 aromatic carbocycles. The minimum atomic E-state index is 0.146. The third kappa shape index (κ3) is 3.35. The summed E-state index contributed by atoms with van der Waals surface area (Å²) in [7, 11) is 0. The lowest BCUT2D eigenvalue weighted by Gasteiger charge is -2.34. The quantitative estimate of drug-likeness (QED) is 0.907. The molecule has 2 rings (SSSR count). The van der Waals surface area contributed by atoms with Crippen molar-refractivity contribution >= 4 is 5.91 Å². The Bertz CT molecular complexity index is 425. The second-order valence-corrected chi connectivity index (χ2v) is 5.56. The van der Waals surface area contributed by atoms with Gasteiger partial charge in [-0.1, -0.05) is 19.1 Å². The lowest BCUT2D eigenvalue weighted by atomic mass is 9.92. The number of amides is 1. The van der Waals surface area contributed by atoms with Crippen LogP contribution in [-0.2, 0) is 6.42 Å². The lowest BCUT2D eigenvalue weighted by Crippen LogP contribution is -2.45.